The summed E-state index contributed by atoms with van der Waals surface area (Å²) in [6, 6.07) is 5.29. The Morgan fingerprint density at radius 3 is 2.83 bits per heavy atom. The van der Waals surface area contributed by atoms with E-state index in [0.29, 0.717) is 23.7 Å². The second-order valence-electron chi connectivity index (χ2n) is 7.07. The minimum absolute atomic E-state index is 0.0228. The Hall–Kier alpha value is -3.14. The zero-order chi connectivity index (χ0) is 22.4. The van der Waals surface area contributed by atoms with Gasteiger partial charge < -0.3 is 15.2 Å². The van der Waals surface area contributed by atoms with Crippen molar-refractivity contribution in [3.63, 3.8) is 0 Å². The van der Waals surface area contributed by atoms with Crippen molar-refractivity contribution in [3.05, 3.63) is 47.9 Å². The number of halogens is 3. The number of nitrogens with one attached hydrogen (secondary N) is 1. The molecular weight excluding hydrogens is 401 g/mol. The molecule has 158 valence electrons. The van der Waals surface area contributed by atoms with Crippen molar-refractivity contribution in [1.29, 1.82) is 0 Å². The molecule has 1 amide bonds. The first-order valence-corrected chi connectivity index (χ1v) is 9.17. The van der Waals surface area contributed by atoms with E-state index in [0.717, 1.165) is 12.1 Å². The number of hydrogen-bond acceptors (Lipinski definition) is 5. The first-order valence-electron chi connectivity index (χ1n) is 9.67. The Kier molecular flexibility index (Phi) is 4.78. The van der Waals surface area contributed by atoms with Gasteiger partial charge in [0, 0.05) is 24.3 Å². The van der Waals surface area contributed by atoms with E-state index in [1.54, 1.807) is 18.3 Å². The number of alkyl halides is 3. The van der Waals surface area contributed by atoms with Crippen LogP contribution in [0, 0.1) is 5.92 Å². The number of fused-ring (bicyclic) bond motifs is 1. The van der Waals surface area contributed by atoms with Crippen molar-refractivity contribution >= 4 is 22.5 Å². The molecule has 1 aliphatic rings. The molecule has 4 rings (SSSR count). The maximum Gasteiger partial charge on any atom is 0.433 e. The Morgan fingerprint density at radius 2 is 2.17 bits per heavy atom. The van der Waals surface area contributed by atoms with Gasteiger partial charge in [0.1, 0.15) is 17.1 Å². The number of anilines is 1. The van der Waals surface area contributed by atoms with Crippen LogP contribution in [0.3, 0.4) is 0 Å². The molecule has 0 unspecified atom stereocenters. The summed E-state index contributed by atoms with van der Waals surface area (Å²) in [7, 11) is 1.39. The molecule has 0 bridgehead atoms. The number of benzene rings is 1. The number of aliphatic hydroxyl groups excluding tert-OH is 1. The van der Waals surface area contributed by atoms with Crippen LogP contribution in [0.1, 0.15) is 36.4 Å². The Morgan fingerprint density at radius 1 is 1.40 bits per heavy atom. The molecule has 0 saturated heterocycles. The highest BCUT2D eigenvalue weighted by molar-refractivity contribution is 6.05. The molecule has 1 saturated carbocycles. The lowest BCUT2D eigenvalue weighted by Crippen LogP contribution is -2.29. The van der Waals surface area contributed by atoms with Gasteiger partial charge in [-0.05, 0) is 37.0 Å². The van der Waals surface area contributed by atoms with Crippen LogP contribution in [0.25, 0.3) is 10.9 Å². The zero-order valence-corrected chi connectivity index (χ0v) is 15.9. The lowest BCUT2D eigenvalue weighted by Gasteiger charge is -2.33. The number of aromatic nitrogens is 3. The normalized spacial score (nSPS) is 21.8. The highest BCUT2D eigenvalue weighted by Gasteiger charge is 2.33. The maximum atomic E-state index is 12.9. The third-order valence-corrected chi connectivity index (χ3v) is 4.98. The molecule has 30 heavy (non-hydrogen) atoms. The summed E-state index contributed by atoms with van der Waals surface area (Å²) in [5.74, 6) is -0.494. The van der Waals surface area contributed by atoms with Gasteiger partial charge in [0.05, 0.1) is 25.7 Å². The van der Waals surface area contributed by atoms with Crippen molar-refractivity contribution in [3.8, 4) is 5.75 Å². The van der Waals surface area contributed by atoms with Crippen LogP contribution >= 0.6 is 0 Å². The number of hydrogen-bond donors (Lipinski definition) is 2. The summed E-state index contributed by atoms with van der Waals surface area (Å²) in [6.45, 7) is 0.0228. The average Bonchev–Trinajstić information content (AvgIpc) is 3.13. The van der Waals surface area contributed by atoms with Crippen molar-refractivity contribution in [1.82, 2.24) is 14.8 Å². The second-order valence-corrected chi connectivity index (χ2v) is 7.07. The molecule has 3 aromatic rings. The predicted molar refractivity (Wildman–Crippen MR) is 102 cm³/mol. The van der Waals surface area contributed by atoms with Crippen LogP contribution in [0.5, 0.6) is 5.75 Å². The number of methoxy groups -OCH3 is 1. The number of pyridine rings is 1. The molecular formula is C20H19F3N4O3. The minimum Gasteiger partial charge on any atom is -0.494 e. The largest absolute Gasteiger partial charge is 0.494 e. The highest BCUT2D eigenvalue weighted by Crippen LogP contribution is 2.38. The number of amides is 1. The quantitative estimate of drug-likeness (QED) is 0.657. The lowest BCUT2D eigenvalue weighted by atomic mass is 9.81. The van der Waals surface area contributed by atoms with Crippen LogP contribution in [-0.2, 0) is 6.18 Å². The second kappa shape index (κ2) is 7.60. The molecule has 1 aromatic carbocycles. The fourth-order valence-electron chi connectivity index (χ4n) is 3.31. The standard InChI is InChI=1S/C20H19F3N4O3/c1-30-17-8-15-12(9-27(26-15)13-5-11(6-13)10-28)7-16(17)25-19(29)14-3-2-4-18(24-14)20(21,22)23/h2-4,7-9,11,13,28H,5-6,10H2,1H3,(H,25,29)/i13D. The van der Waals surface area contributed by atoms with Crippen molar-refractivity contribution in [2.24, 2.45) is 5.92 Å². The van der Waals surface area contributed by atoms with Gasteiger partial charge >= 0.3 is 6.18 Å². The SMILES string of the molecule is [2H]C1(n2cc3cc(NC(=O)c4cccc(C(F)(F)F)n4)c(OC)cc3n2)CC(CO)C1. The van der Waals surface area contributed by atoms with E-state index in [1.165, 1.54) is 17.9 Å². The lowest BCUT2D eigenvalue weighted by molar-refractivity contribution is -0.141. The van der Waals surface area contributed by atoms with Gasteiger partial charge in [-0.25, -0.2) is 4.98 Å². The smallest absolute Gasteiger partial charge is 0.433 e. The molecule has 0 radical (unpaired) electrons. The van der Waals surface area contributed by atoms with Crippen LogP contribution in [0.15, 0.2) is 36.5 Å². The number of nitrogens with zero attached hydrogens (tertiary/aromatic N) is 3. The summed E-state index contributed by atoms with van der Waals surface area (Å²) in [4.78, 5) is 15.9. The van der Waals surface area contributed by atoms with Crippen LogP contribution in [-0.4, -0.2) is 39.5 Å². The van der Waals surface area contributed by atoms with E-state index in [2.05, 4.69) is 15.4 Å². The minimum atomic E-state index is -4.66. The highest BCUT2D eigenvalue weighted by atomic mass is 19.4. The van der Waals surface area contributed by atoms with E-state index < -0.39 is 23.8 Å². The van der Waals surface area contributed by atoms with E-state index >= 15 is 0 Å². The molecule has 0 atom stereocenters. The summed E-state index contributed by atoms with van der Waals surface area (Å²) in [5.41, 5.74) is -0.778. The summed E-state index contributed by atoms with van der Waals surface area (Å²) < 4.78 is 54.0. The van der Waals surface area contributed by atoms with E-state index in [9.17, 15) is 23.1 Å². The first kappa shape index (κ1) is 18.9. The van der Waals surface area contributed by atoms with Gasteiger partial charge in [0.15, 0.2) is 0 Å². The Labute approximate surface area is 170 Å². The third-order valence-electron chi connectivity index (χ3n) is 4.98. The van der Waals surface area contributed by atoms with Gasteiger partial charge in [-0.1, -0.05) is 6.07 Å². The molecule has 2 heterocycles. The number of carbonyl (C=O) groups is 1. The van der Waals surface area contributed by atoms with Crippen molar-refractivity contribution in [2.75, 3.05) is 19.0 Å². The molecule has 0 spiro atoms. The predicted octanol–water partition coefficient (Wildman–Crippen LogP) is 3.65. The van der Waals surface area contributed by atoms with E-state index in [1.807, 2.05) is 0 Å². The number of rotatable bonds is 5. The Bertz CT molecular complexity index is 1140. The fraction of sp³-hybridized carbons (Fsp3) is 0.350. The van der Waals surface area contributed by atoms with E-state index in [4.69, 9.17) is 6.11 Å². The van der Waals surface area contributed by atoms with Crippen LogP contribution in [0.2, 0.25) is 0 Å². The monoisotopic (exact) mass is 421 g/mol. The molecule has 2 N–H and O–H groups in total. The summed E-state index contributed by atoms with van der Waals surface area (Å²) in [5, 5.41) is 16.8. The summed E-state index contributed by atoms with van der Waals surface area (Å²) in [6.07, 6.45) is -2.06. The van der Waals surface area contributed by atoms with Crippen LogP contribution in [0.4, 0.5) is 18.9 Å². The van der Waals surface area contributed by atoms with Gasteiger partial charge in [0.2, 0.25) is 0 Å². The van der Waals surface area contributed by atoms with Crippen molar-refractivity contribution < 1.29 is 29.2 Å². The maximum absolute atomic E-state index is 12.9. The average molecular weight is 421 g/mol. The molecule has 1 fully saturated rings. The first-order chi connectivity index (χ1) is 14.6. The zero-order valence-electron chi connectivity index (χ0n) is 16.9. The van der Waals surface area contributed by atoms with E-state index in [-0.39, 0.29) is 29.7 Å². The molecule has 10 heteroatoms. The van der Waals surface area contributed by atoms with Gasteiger partial charge in [-0.2, -0.15) is 18.3 Å². The molecule has 0 aliphatic heterocycles. The molecule has 1 aliphatic carbocycles. The van der Waals surface area contributed by atoms with Crippen molar-refractivity contribution in [2.45, 2.75) is 25.0 Å². The fourth-order valence-corrected chi connectivity index (χ4v) is 3.31. The third kappa shape index (κ3) is 3.82. The number of carbonyl (C=O) groups excluding carboxylic acids is 1. The summed E-state index contributed by atoms with van der Waals surface area (Å²) >= 11 is 0. The van der Waals surface area contributed by atoms with Gasteiger partial charge in [-0.3, -0.25) is 9.48 Å². The molecule has 2 aromatic heterocycles. The number of ether oxygens (including phenoxy) is 1. The molecule has 7 nitrogen and oxygen atoms in total. The van der Waals surface area contributed by atoms with Gasteiger partial charge in [-0.15, -0.1) is 0 Å². The number of aliphatic hydroxyl groups is 1. The van der Waals surface area contributed by atoms with Gasteiger partial charge in [0.25, 0.3) is 5.91 Å². The topological polar surface area (TPSA) is 89.3 Å². The Balaban J connectivity index is 1.62. The van der Waals surface area contributed by atoms with Crippen LogP contribution < -0.4 is 10.1 Å².